The van der Waals surface area contributed by atoms with Crippen LogP contribution in [0.25, 0.3) is 66.7 Å². The molecular weight excluding hydrogens is 647 g/mol. The van der Waals surface area contributed by atoms with E-state index in [2.05, 4.69) is 178 Å². The van der Waals surface area contributed by atoms with Crippen LogP contribution in [0.2, 0.25) is 0 Å². The molecule has 0 N–H and O–H groups in total. The Balaban J connectivity index is 1.11. The predicted octanol–water partition coefficient (Wildman–Crippen LogP) is 12.3. The number of anilines is 3. The van der Waals surface area contributed by atoms with Crippen molar-refractivity contribution in [2.75, 3.05) is 4.90 Å². The Bertz CT molecular complexity index is 2760. The number of nitrogens with zero attached hydrogens (tertiary/aromatic N) is 5. The standard InChI is InChI=1S/C48H33N5/c1-3-15-35(16-4-1)47-49-50-48(36-17-5-2-6-18-36)53(47)40-32-28-38(29-33-40)51(44-25-13-19-34-14-7-8-20-41(34)44)37-26-30-39(31-27-37)52-45-23-11-9-21-42(45)43-22-10-12-24-46(43)52/h1-33H. The van der Waals surface area contributed by atoms with Crippen molar-refractivity contribution in [2.24, 2.45) is 0 Å². The molecule has 8 aromatic carbocycles. The van der Waals surface area contributed by atoms with Crippen molar-refractivity contribution in [1.82, 2.24) is 19.3 Å². The molecule has 0 unspecified atom stereocenters. The van der Waals surface area contributed by atoms with Crippen LogP contribution in [0.15, 0.2) is 200 Å². The van der Waals surface area contributed by atoms with Crippen LogP contribution >= 0.6 is 0 Å². The van der Waals surface area contributed by atoms with Gasteiger partial charge in [-0.15, -0.1) is 10.2 Å². The normalized spacial score (nSPS) is 11.4. The van der Waals surface area contributed by atoms with Gasteiger partial charge in [-0.05, 0) is 72.1 Å². The number of hydrogen-bond acceptors (Lipinski definition) is 3. The van der Waals surface area contributed by atoms with Gasteiger partial charge in [0, 0.05) is 50.0 Å². The van der Waals surface area contributed by atoms with E-state index >= 15 is 0 Å². The topological polar surface area (TPSA) is 38.9 Å². The highest BCUT2D eigenvalue weighted by molar-refractivity contribution is 6.09. The lowest BCUT2D eigenvalue weighted by molar-refractivity contribution is 1.07. The highest BCUT2D eigenvalue weighted by atomic mass is 15.3. The molecule has 10 aromatic rings. The highest BCUT2D eigenvalue weighted by Gasteiger charge is 2.20. The molecule has 0 saturated heterocycles. The molecule has 2 aromatic heterocycles. The van der Waals surface area contributed by atoms with Gasteiger partial charge < -0.3 is 9.47 Å². The van der Waals surface area contributed by atoms with Gasteiger partial charge in [0.1, 0.15) is 0 Å². The van der Waals surface area contributed by atoms with Crippen LogP contribution in [0.4, 0.5) is 17.1 Å². The number of hydrogen-bond donors (Lipinski definition) is 0. The van der Waals surface area contributed by atoms with Gasteiger partial charge in [0.05, 0.1) is 16.7 Å². The molecule has 250 valence electrons. The van der Waals surface area contributed by atoms with Crippen LogP contribution < -0.4 is 4.90 Å². The summed E-state index contributed by atoms with van der Waals surface area (Å²) in [5, 5.41) is 14.3. The van der Waals surface area contributed by atoms with E-state index in [0.717, 1.165) is 51.2 Å². The SMILES string of the molecule is c1ccc(-c2nnc(-c3ccccc3)n2-c2ccc(N(c3ccc(-n4c5ccccc5c5ccccc54)cc3)c3cccc4ccccc34)cc2)cc1. The van der Waals surface area contributed by atoms with E-state index in [1.54, 1.807) is 0 Å². The lowest BCUT2D eigenvalue weighted by atomic mass is 10.1. The minimum atomic E-state index is 0.795. The van der Waals surface area contributed by atoms with Gasteiger partial charge in [-0.3, -0.25) is 4.57 Å². The summed E-state index contributed by atoms with van der Waals surface area (Å²) in [4.78, 5) is 2.35. The first-order valence-corrected chi connectivity index (χ1v) is 17.8. The summed E-state index contributed by atoms with van der Waals surface area (Å²) in [6.07, 6.45) is 0. The maximum absolute atomic E-state index is 4.69. The molecule has 0 aliphatic heterocycles. The van der Waals surface area contributed by atoms with Crippen LogP contribution in [-0.4, -0.2) is 19.3 Å². The third-order valence-corrected chi connectivity index (χ3v) is 10.0. The molecule has 0 aliphatic carbocycles. The van der Waals surface area contributed by atoms with Gasteiger partial charge >= 0.3 is 0 Å². The first-order valence-electron chi connectivity index (χ1n) is 17.8. The number of fused-ring (bicyclic) bond motifs is 4. The molecule has 0 bridgehead atoms. The number of para-hydroxylation sites is 2. The zero-order valence-electron chi connectivity index (χ0n) is 28.8. The molecule has 5 heteroatoms. The Morgan fingerprint density at radius 1 is 0.340 bits per heavy atom. The highest BCUT2D eigenvalue weighted by Crippen LogP contribution is 2.41. The lowest BCUT2D eigenvalue weighted by Gasteiger charge is -2.27. The number of benzene rings is 8. The van der Waals surface area contributed by atoms with Crippen molar-refractivity contribution < 1.29 is 0 Å². The molecule has 0 fully saturated rings. The summed E-state index contributed by atoms with van der Waals surface area (Å²) < 4.78 is 4.51. The summed E-state index contributed by atoms with van der Waals surface area (Å²) >= 11 is 0. The van der Waals surface area contributed by atoms with E-state index in [0.29, 0.717) is 0 Å². The number of aromatic nitrogens is 4. The molecule has 0 amide bonds. The van der Waals surface area contributed by atoms with Crippen molar-refractivity contribution in [3.8, 4) is 34.2 Å². The van der Waals surface area contributed by atoms with Gasteiger partial charge in [-0.25, -0.2) is 0 Å². The Hall–Kier alpha value is -7.24. The zero-order valence-corrected chi connectivity index (χ0v) is 28.8. The van der Waals surface area contributed by atoms with Crippen LogP contribution in [0.1, 0.15) is 0 Å². The van der Waals surface area contributed by atoms with Crippen LogP contribution in [0.3, 0.4) is 0 Å². The molecular formula is C48H33N5. The van der Waals surface area contributed by atoms with Gasteiger partial charge in [0.15, 0.2) is 11.6 Å². The van der Waals surface area contributed by atoms with E-state index < -0.39 is 0 Å². The monoisotopic (exact) mass is 679 g/mol. The molecule has 0 spiro atoms. The number of rotatable bonds is 7. The summed E-state index contributed by atoms with van der Waals surface area (Å²) in [6, 6.07) is 70.5. The van der Waals surface area contributed by atoms with E-state index in [1.807, 2.05) is 36.4 Å². The minimum absolute atomic E-state index is 0.795. The third-order valence-electron chi connectivity index (χ3n) is 10.0. The molecule has 0 radical (unpaired) electrons. The second-order valence-electron chi connectivity index (χ2n) is 13.2. The van der Waals surface area contributed by atoms with E-state index in [-0.39, 0.29) is 0 Å². The van der Waals surface area contributed by atoms with Crippen LogP contribution in [0.5, 0.6) is 0 Å². The Kier molecular flexibility index (Phi) is 7.40. The summed E-state index contributed by atoms with van der Waals surface area (Å²) in [5.41, 5.74) is 9.73. The van der Waals surface area contributed by atoms with Gasteiger partial charge in [-0.1, -0.05) is 133 Å². The van der Waals surface area contributed by atoms with E-state index in [9.17, 15) is 0 Å². The first kappa shape index (κ1) is 30.6. The predicted molar refractivity (Wildman–Crippen MR) is 219 cm³/mol. The molecule has 53 heavy (non-hydrogen) atoms. The Morgan fingerprint density at radius 3 is 1.32 bits per heavy atom. The minimum Gasteiger partial charge on any atom is -0.310 e. The molecule has 10 rings (SSSR count). The summed E-state index contributed by atoms with van der Waals surface area (Å²) in [5.74, 6) is 1.59. The van der Waals surface area contributed by atoms with Gasteiger partial charge in [0.2, 0.25) is 0 Å². The fourth-order valence-corrected chi connectivity index (χ4v) is 7.61. The second-order valence-corrected chi connectivity index (χ2v) is 13.2. The van der Waals surface area contributed by atoms with Crippen molar-refractivity contribution in [2.45, 2.75) is 0 Å². The van der Waals surface area contributed by atoms with E-state index in [1.165, 1.54) is 32.6 Å². The molecule has 0 saturated carbocycles. The smallest absolute Gasteiger partial charge is 0.168 e. The lowest BCUT2D eigenvalue weighted by Crippen LogP contribution is -2.11. The fraction of sp³-hybridized carbons (Fsp3) is 0. The fourth-order valence-electron chi connectivity index (χ4n) is 7.61. The average Bonchev–Trinajstić information content (AvgIpc) is 3.83. The zero-order chi connectivity index (χ0) is 35.1. The van der Waals surface area contributed by atoms with Crippen LogP contribution in [-0.2, 0) is 0 Å². The Morgan fingerprint density at radius 2 is 0.774 bits per heavy atom. The van der Waals surface area contributed by atoms with Crippen molar-refractivity contribution in [3.63, 3.8) is 0 Å². The average molecular weight is 680 g/mol. The molecule has 5 nitrogen and oxygen atoms in total. The molecule has 0 atom stereocenters. The van der Waals surface area contributed by atoms with Crippen molar-refractivity contribution in [3.05, 3.63) is 200 Å². The van der Waals surface area contributed by atoms with Crippen molar-refractivity contribution >= 4 is 49.6 Å². The second kappa shape index (κ2) is 12.8. The van der Waals surface area contributed by atoms with Gasteiger partial charge in [0.25, 0.3) is 0 Å². The maximum atomic E-state index is 4.69. The van der Waals surface area contributed by atoms with Crippen LogP contribution in [0, 0.1) is 0 Å². The quantitative estimate of drug-likeness (QED) is 0.168. The van der Waals surface area contributed by atoms with E-state index in [4.69, 9.17) is 10.2 Å². The van der Waals surface area contributed by atoms with Gasteiger partial charge in [-0.2, -0.15) is 0 Å². The first-order chi connectivity index (χ1) is 26.3. The summed E-state index contributed by atoms with van der Waals surface area (Å²) in [6.45, 7) is 0. The molecule has 0 aliphatic rings. The van der Waals surface area contributed by atoms with Crippen molar-refractivity contribution in [1.29, 1.82) is 0 Å². The third kappa shape index (κ3) is 5.26. The summed E-state index contributed by atoms with van der Waals surface area (Å²) in [7, 11) is 0. The molecule has 2 heterocycles. The largest absolute Gasteiger partial charge is 0.310 e. The maximum Gasteiger partial charge on any atom is 0.168 e. The Labute approximate surface area is 307 Å².